The topological polar surface area (TPSA) is 78.9 Å². The Morgan fingerprint density at radius 1 is 1.25 bits per heavy atom. The summed E-state index contributed by atoms with van der Waals surface area (Å²) in [6.07, 6.45) is 0. The van der Waals surface area contributed by atoms with E-state index in [1.807, 2.05) is 30.3 Å². The van der Waals surface area contributed by atoms with Crippen LogP contribution in [0.4, 0.5) is 10.5 Å². The van der Waals surface area contributed by atoms with E-state index in [4.69, 9.17) is 17.3 Å². The molecule has 0 aliphatic heterocycles. The highest BCUT2D eigenvalue weighted by Gasteiger charge is 2.16. The summed E-state index contributed by atoms with van der Waals surface area (Å²) in [7, 11) is 0. The van der Waals surface area contributed by atoms with Crippen molar-refractivity contribution in [3.05, 3.63) is 64.7 Å². The zero-order chi connectivity index (χ0) is 14.5. The van der Waals surface area contributed by atoms with Crippen molar-refractivity contribution in [3.63, 3.8) is 0 Å². The minimum absolute atomic E-state index is 0.409. The van der Waals surface area contributed by atoms with Crippen LogP contribution in [0.3, 0.4) is 0 Å². The van der Waals surface area contributed by atoms with E-state index in [1.165, 1.54) is 0 Å². The molecule has 0 saturated carbocycles. The fourth-order valence-corrected chi connectivity index (χ4v) is 2.24. The number of rotatable bonds is 3. The molecule has 0 radical (unpaired) electrons. The van der Waals surface area contributed by atoms with E-state index in [-0.39, 0.29) is 0 Å². The first-order valence-corrected chi connectivity index (χ1v) is 6.30. The van der Waals surface area contributed by atoms with Crippen LogP contribution in [0.25, 0.3) is 0 Å². The molecule has 5 heteroatoms. The van der Waals surface area contributed by atoms with Crippen LogP contribution in [0, 0.1) is 11.3 Å². The normalized spacial score (nSPS) is 11.4. The third-order valence-corrected chi connectivity index (χ3v) is 3.17. The zero-order valence-corrected chi connectivity index (χ0v) is 11.3. The maximum absolute atomic E-state index is 10.8. The quantitative estimate of drug-likeness (QED) is 0.905. The van der Waals surface area contributed by atoms with Crippen LogP contribution in [0.1, 0.15) is 17.0 Å². The van der Waals surface area contributed by atoms with Crippen molar-refractivity contribution in [1.82, 2.24) is 0 Å². The highest BCUT2D eigenvalue weighted by Crippen LogP contribution is 2.31. The predicted octanol–water partition coefficient (Wildman–Crippen LogP) is 3.49. The number of nitriles is 1. The lowest BCUT2D eigenvalue weighted by molar-refractivity contribution is 0.259. The summed E-state index contributed by atoms with van der Waals surface area (Å²) < 4.78 is 0. The maximum Gasteiger partial charge on any atom is 0.316 e. The third kappa shape index (κ3) is 3.08. The van der Waals surface area contributed by atoms with Gasteiger partial charge in [0.05, 0.1) is 12.0 Å². The van der Waals surface area contributed by atoms with Gasteiger partial charge in [0.2, 0.25) is 0 Å². The van der Waals surface area contributed by atoms with Crippen LogP contribution in [0.2, 0.25) is 5.02 Å². The monoisotopic (exact) mass is 285 g/mol. The van der Waals surface area contributed by atoms with Gasteiger partial charge < -0.3 is 11.1 Å². The number of anilines is 1. The number of benzene rings is 2. The molecular weight excluding hydrogens is 274 g/mol. The Labute approximate surface area is 121 Å². The Balaban J connectivity index is 2.37. The smallest absolute Gasteiger partial charge is 0.316 e. The van der Waals surface area contributed by atoms with Crippen LogP contribution in [0.5, 0.6) is 0 Å². The number of nitrogens with two attached hydrogens (primary N) is 1. The summed E-state index contributed by atoms with van der Waals surface area (Å²) in [6.45, 7) is 0. The van der Waals surface area contributed by atoms with Gasteiger partial charge in [0.15, 0.2) is 0 Å². The van der Waals surface area contributed by atoms with Gasteiger partial charge in [-0.15, -0.1) is 0 Å². The molecule has 0 saturated heterocycles. The molecule has 0 aromatic heterocycles. The minimum atomic E-state index is -0.659. The molecule has 0 spiro atoms. The number of primary amides is 1. The molecule has 100 valence electrons. The first kappa shape index (κ1) is 13.9. The van der Waals surface area contributed by atoms with Crippen LogP contribution in [-0.4, -0.2) is 6.03 Å². The van der Waals surface area contributed by atoms with Gasteiger partial charge in [-0.2, -0.15) is 5.26 Å². The Bertz CT molecular complexity index is 665. The SMILES string of the molecule is N#CC(c1ccccc1)c1ccc(NC(N)=O)cc1Cl. The Kier molecular flexibility index (Phi) is 4.24. The number of urea groups is 1. The van der Waals surface area contributed by atoms with Crippen LogP contribution in [-0.2, 0) is 0 Å². The largest absolute Gasteiger partial charge is 0.351 e. The molecule has 20 heavy (non-hydrogen) atoms. The first-order valence-electron chi connectivity index (χ1n) is 5.92. The lowest BCUT2D eigenvalue weighted by atomic mass is 9.92. The fraction of sp³-hybridized carbons (Fsp3) is 0.0667. The molecule has 2 amide bonds. The van der Waals surface area contributed by atoms with E-state index in [0.717, 1.165) is 5.56 Å². The van der Waals surface area contributed by atoms with E-state index in [2.05, 4.69) is 11.4 Å². The number of carbonyl (C=O) groups is 1. The van der Waals surface area contributed by atoms with Crippen molar-refractivity contribution in [2.45, 2.75) is 5.92 Å². The highest BCUT2D eigenvalue weighted by molar-refractivity contribution is 6.31. The Hall–Kier alpha value is -2.51. The Morgan fingerprint density at radius 3 is 2.50 bits per heavy atom. The summed E-state index contributed by atoms with van der Waals surface area (Å²) >= 11 is 6.19. The molecular formula is C15H12ClN3O. The summed E-state index contributed by atoms with van der Waals surface area (Å²) in [5, 5.41) is 12.2. The summed E-state index contributed by atoms with van der Waals surface area (Å²) in [5.41, 5.74) is 7.10. The van der Waals surface area contributed by atoms with Gasteiger partial charge in [-0.3, -0.25) is 0 Å². The molecule has 0 heterocycles. The molecule has 4 nitrogen and oxygen atoms in total. The van der Waals surface area contributed by atoms with E-state index in [9.17, 15) is 10.1 Å². The molecule has 0 aliphatic rings. The highest BCUT2D eigenvalue weighted by atomic mass is 35.5. The summed E-state index contributed by atoms with van der Waals surface area (Å²) in [6, 6.07) is 15.9. The average molecular weight is 286 g/mol. The fourth-order valence-electron chi connectivity index (χ4n) is 1.95. The molecule has 0 bridgehead atoms. The van der Waals surface area contributed by atoms with Gasteiger partial charge in [-0.25, -0.2) is 4.79 Å². The standard InChI is InChI=1S/C15H12ClN3O/c16-14-8-11(19-15(18)20)6-7-12(14)13(9-17)10-4-2-1-3-5-10/h1-8,13H,(H3,18,19,20). The summed E-state index contributed by atoms with van der Waals surface area (Å²) in [5.74, 6) is -0.452. The van der Waals surface area contributed by atoms with Gasteiger partial charge >= 0.3 is 6.03 Å². The molecule has 2 aromatic carbocycles. The van der Waals surface area contributed by atoms with Crippen molar-refractivity contribution in [2.24, 2.45) is 5.73 Å². The van der Waals surface area contributed by atoms with Crippen molar-refractivity contribution in [2.75, 3.05) is 5.32 Å². The summed E-state index contributed by atoms with van der Waals surface area (Å²) in [4.78, 5) is 10.8. The van der Waals surface area contributed by atoms with Crippen LogP contribution < -0.4 is 11.1 Å². The van der Waals surface area contributed by atoms with Crippen molar-refractivity contribution in [3.8, 4) is 6.07 Å². The number of nitrogens with zero attached hydrogens (tertiary/aromatic N) is 1. The minimum Gasteiger partial charge on any atom is -0.351 e. The molecule has 2 aromatic rings. The van der Waals surface area contributed by atoms with Gasteiger partial charge in [0.25, 0.3) is 0 Å². The van der Waals surface area contributed by atoms with Crippen molar-refractivity contribution < 1.29 is 4.79 Å². The first-order chi connectivity index (χ1) is 9.61. The lowest BCUT2D eigenvalue weighted by Gasteiger charge is -2.13. The number of hydrogen-bond donors (Lipinski definition) is 2. The number of carbonyl (C=O) groups excluding carboxylic acids is 1. The number of halogens is 1. The lowest BCUT2D eigenvalue weighted by Crippen LogP contribution is -2.19. The van der Waals surface area contributed by atoms with E-state index < -0.39 is 11.9 Å². The molecule has 3 N–H and O–H groups in total. The van der Waals surface area contributed by atoms with Crippen LogP contribution >= 0.6 is 11.6 Å². The Morgan fingerprint density at radius 2 is 1.95 bits per heavy atom. The molecule has 0 aliphatic carbocycles. The average Bonchev–Trinajstić information content (AvgIpc) is 2.42. The van der Waals surface area contributed by atoms with Gasteiger partial charge in [-0.1, -0.05) is 48.0 Å². The van der Waals surface area contributed by atoms with Crippen LogP contribution in [0.15, 0.2) is 48.5 Å². The van der Waals surface area contributed by atoms with Crippen molar-refractivity contribution in [1.29, 1.82) is 5.26 Å². The zero-order valence-electron chi connectivity index (χ0n) is 10.5. The number of amides is 2. The molecule has 2 rings (SSSR count). The maximum atomic E-state index is 10.8. The number of hydrogen-bond acceptors (Lipinski definition) is 2. The second kappa shape index (κ2) is 6.09. The molecule has 0 fully saturated rings. The second-order valence-corrected chi connectivity index (χ2v) is 4.61. The third-order valence-electron chi connectivity index (χ3n) is 2.84. The molecule has 1 unspecified atom stereocenters. The predicted molar refractivity (Wildman–Crippen MR) is 78.6 cm³/mol. The molecule has 1 atom stereocenters. The van der Waals surface area contributed by atoms with E-state index in [1.54, 1.807) is 18.2 Å². The number of nitrogens with one attached hydrogen (secondary N) is 1. The van der Waals surface area contributed by atoms with E-state index in [0.29, 0.717) is 16.3 Å². The van der Waals surface area contributed by atoms with Crippen molar-refractivity contribution >= 4 is 23.3 Å². The van der Waals surface area contributed by atoms with Gasteiger partial charge in [0.1, 0.15) is 0 Å². The van der Waals surface area contributed by atoms with Gasteiger partial charge in [-0.05, 0) is 23.3 Å². The second-order valence-electron chi connectivity index (χ2n) is 4.20. The van der Waals surface area contributed by atoms with Gasteiger partial charge in [0, 0.05) is 10.7 Å². The van der Waals surface area contributed by atoms with E-state index >= 15 is 0 Å².